The fourth-order valence-electron chi connectivity index (χ4n) is 7.45. The number of benzene rings is 3. The van der Waals surface area contributed by atoms with Crippen LogP contribution in [0.3, 0.4) is 0 Å². The molecular weight excluding hydrogens is 572 g/mol. The Hall–Kier alpha value is -3.43. The summed E-state index contributed by atoms with van der Waals surface area (Å²) in [5.41, 5.74) is 7.06. The summed E-state index contributed by atoms with van der Waals surface area (Å²) in [5.74, 6) is 3.36. The van der Waals surface area contributed by atoms with Gasteiger partial charge in [-0.25, -0.2) is 13.1 Å². The van der Waals surface area contributed by atoms with Crippen LogP contribution < -0.4 is 9.47 Å². The number of sulfonamides is 1. The number of hydrogen-bond acceptors (Lipinski definition) is 6. The van der Waals surface area contributed by atoms with Crippen molar-refractivity contribution in [2.24, 2.45) is 18.9 Å². The van der Waals surface area contributed by atoms with Crippen molar-refractivity contribution in [3.8, 4) is 11.5 Å². The van der Waals surface area contributed by atoms with E-state index in [4.69, 9.17) is 9.47 Å². The van der Waals surface area contributed by atoms with E-state index in [0.717, 1.165) is 50.9 Å². The summed E-state index contributed by atoms with van der Waals surface area (Å²) in [6.45, 7) is 6.73. The molecule has 4 unspecified atom stereocenters. The van der Waals surface area contributed by atoms with Crippen LogP contribution in [-0.4, -0.2) is 47.5 Å². The van der Waals surface area contributed by atoms with Gasteiger partial charge in [-0.3, -0.25) is 0 Å². The zero-order valence-electron chi connectivity index (χ0n) is 26.3. The van der Waals surface area contributed by atoms with Crippen molar-refractivity contribution < 1.29 is 17.9 Å². The summed E-state index contributed by atoms with van der Waals surface area (Å²) < 4.78 is 43.6. The molecule has 2 fully saturated rings. The molecule has 1 aliphatic heterocycles. The molecule has 8 nitrogen and oxygen atoms in total. The van der Waals surface area contributed by atoms with Crippen LogP contribution in [0.25, 0.3) is 11.0 Å². The fourth-order valence-corrected chi connectivity index (χ4v) is 9.05. The lowest BCUT2D eigenvalue weighted by atomic mass is 9.59. The molecule has 0 spiro atoms. The van der Waals surface area contributed by atoms with Crippen molar-refractivity contribution in [3.63, 3.8) is 0 Å². The Morgan fingerprint density at radius 1 is 1.05 bits per heavy atom. The van der Waals surface area contributed by atoms with Gasteiger partial charge in [0.15, 0.2) is 0 Å². The van der Waals surface area contributed by atoms with Gasteiger partial charge in [-0.15, -0.1) is 5.10 Å². The zero-order chi connectivity index (χ0) is 30.7. The van der Waals surface area contributed by atoms with Gasteiger partial charge in [0, 0.05) is 19.5 Å². The number of aryl methyl sites for hydroxylation is 2. The molecule has 2 saturated carbocycles. The highest BCUT2D eigenvalue weighted by atomic mass is 32.2. The van der Waals surface area contributed by atoms with Crippen LogP contribution in [0.1, 0.15) is 85.6 Å². The van der Waals surface area contributed by atoms with Crippen LogP contribution >= 0.6 is 0 Å². The summed E-state index contributed by atoms with van der Waals surface area (Å²) in [4.78, 5) is 0.275. The third-order valence-corrected chi connectivity index (χ3v) is 12.4. The highest BCUT2D eigenvalue weighted by Crippen LogP contribution is 2.53. The number of nitrogens with zero attached hydrogens (tertiary/aromatic N) is 4. The molecule has 232 valence electrons. The van der Waals surface area contributed by atoms with E-state index in [1.807, 2.05) is 39.1 Å². The number of fused-ring (bicyclic) bond motifs is 2. The minimum absolute atomic E-state index is 0.0343. The van der Waals surface area contributed by atoms with Crippen molar-refractivity contribution in [2.45, 2.75) is 82.3 Å². The van der Waals surface area contributed by atoms with Gasteiger partial charge in [-0.1, -0.05) is 55.7 Å². The Balaban J connectivity index is 1.17. The SMILES string of the molecule is COc1cc(C(C)c2ccc(C)c(CN3CC(C)Oc4cc(C5CCC5C5CCC5)ccc4S3(=O)=O)c2)cc2nnn(C)c12. The molecule has 2 heterocycles. The summed E-state index contributed by atoms with van der Waals surface area (Å²) in [6, 6.07) is 16.3. The average Bonchev–Trinajstić information content (AvgIpc) is 3.30. The molecule has 2 aliphatic carbocycles. The summed E-state index contributed by atoms with van der Waals surface area (Å²) >= 11 is 0. The van der Waals surface area contributed by atoms with Crippen molar-refractivity contribution in [1.82, 2.24) is 19.3 Å². The van der Waals surface area contributed by atoms with Gasteiger partial charge in [0.1, 0.15) is 33.5 Å². The Morgan fingerprint density at radius 3 is 2.57 bits per heavy atom. The number of methoxy groups -OCH3 is 1. The monoisotopic (exact) mass is 614 g/mol. The first-order chi connectivity index (χ1) is 21.1. The normalized spacial score (nSPS) is 24.1. The average molecular weight is 615 g/mol. The Morgan fingerprint density at radius 2 is 1.86 bits per heavy atom. The van der Waals surface area contributed by atoms with E-state index in [9.17, 15) is 8.42 Å². The molecule has 1 aromatic heterocycles. The van der Waals surface area contributed by atoms with E-state index in [2.05, 4.69) is 41.5 Å². The minimum Gasteiger partial charge on any atom is -0.494 e. The van der Waals surface area contributed by atoms with Crippen molar-refractivity contribution in [1.29, 1.82) is 0 Å². The van der Waals surface area contributed by atoms with Gasteiger partial charge in [0.05, 0.1) is 13.7 Å². The predicted octanol–water partition coefficient (Wildman–Crippen LogP) is 6.70. The van der Waals surface area contributed by atoms with Crippen molar-refractivity contribution in [2.75, 3.05) is 13.7 Å². The number of aromatic nitrogens is 3. The standard InChI is InChI=1S/C35H42N4O4S/c1-21-9-10-25(23(3)27-16-31-35(33(18-27)42-5)38(4)37-36-31)15-28(21)20-39-19-22(2)43-32-17-26(11-14-34(32)44(39,40)41)30-13-12-29(30)24-7-6-8-24/h9-11,14-18,22-24,29-30H,6-8,12-13,19-20H2,1-5H3. The lowest BCUT2D eigenvalue weighted by molar-refractivity contribution is 0.0999. The van der Waals surface area contributed by atoms with Gasteiger partial charge in [-0.05, 0) is 96.5 Å². The van der Waals surface area contributed by atoms with Crippen LogP contribution in [0, 0.1) is 18.8 Å². The van der Waals surface area contributed by atoms with Crippen LogP contribution in [0.15, 0.2) is 53.4 Å². The second kappa shape index (κ2) is 11.2. The number of rotatable bonds is 7. The third-order valence-electron chi connectivity index (χ3n) is 10.5. The molecule has 9 heteroatoms. The van der Waals surface area contributed by atoms with Crippen molar-refractivity contribution in [3.05, 3.63) is 76.3 Å². The second-order valence-corrected chi connectivity index (χ2v) is 15.1. The fraction of sp³-hybridized carbons (Fsp3) is 0.486. The molecule has 0 saturated heterocycles. The first-order valence-corrected chi connectivity index (χ1v) is 17.4. The first kappa shape index (κ1) is 29.3. The van der Waals surface area contributed by atoms with E-state index in [0.29, 0.717) is 18.2 Å². The molecule has 7 rings (SSSR count). The minimum atomic E-state index is -3.76. The Kier molecular flexibility index (Phi) is 7.44. The molecule has 4 aromatic rings. The second-order valence-electron chi connectivity index (χ2n) is 13.2. The number of ether oxygens (including phenoxy) is 2. The maximum absolute atomic E-state index is 14.1. The van der Waals surface area contributed by atoms with Gasteiger partial charge in [0.25, 0.3) is 0 Å². The quantitative estimate of drug-likeness (QED) is 0.230. The lowest BCUT2D eigenvalue weighted by Crippen LogP contribution is -2.35. The number of hydrogen-bond donors (Lipinski definition) is 0. The maximum Gasteiger partial charge on any atom is 0.247 e. The van der Waals surface area contributed by atoms with Crippen LogP contribution in [0.5, 0.6) is 11.5 Å². The Labute approximate surface area is 260 Å². The van der Waals surface area contributed by atoms with E-state index in [1.165, 1.54) is 37.7 Å². The van der Waals surface area contributed by atoms with E-state index < -0.39 is 10.0 Å². The molecule has 44 heavy (non-hydrogen) atoms. The van der Waals surface area contributed by atoms with Gasteiger partial charge in [0.2, 0.25) is 10.0 Å². The van der Waals surface area contributed by atoms with Crippen LogP contribution in [-0.2, 0) is 23.6 Å². The molecule has 0 amide bonds. The third kappa shape index (κ3) is 4.98. The zero-order valence-corrected chi connectivity index (χ0v) is 27.1. The van der Waals surface area contributed by atoms with Crippen molar-refractivity contribution >= 4 is 21.1 Å². The molecule has 3 aromatic carbocycles. The molecular formula is C35H42N4O4S. The summed E-state index contributed by atoms with van der Waals surface area (Å²) in [6.07, 6.45) is 6.23. The first-order valence-electron chi connectivity index (χ1n) is 15.9. The lowest BCUT2D eigenvalue weighted by Gasteiger charge is -2.46. The summed E-state index contributed by atoms with van der Waals surface area (Å²) in [5, 5.41) is 8.47. The molecule has 3 aliphatic rings. The molecule has 0 N–H and O–H groups in total. The highest BCUT2D eigenvalue weighted by molar-refractivity contribution is 7.89. The summed E-state index contributed by atoms with van der Waals surface area (Å²) in [7, 11) is -0.252. The predicted molar refractivity (Wildman–Crippen MR) is 171 cm³/mol. The molecule has 0 bridgehead atoms. The van der Waals surface area contributed by atoms with Crippen LogP contribution in [0.2, 0.25) is 0 Å². The van der Waals surface area contributed by atoms with Crippen LogP contribution in [0.4, 0.5) is 0 Å². The van der Waals surface area contributed by atoms with Gasteiger partial charge >= 0.3 is 0 Å². The largest absolute Gasteiger partial charge is 0.494 e. The molecule has 4 atom stereocenters. The topological polar surface area (TPSA) is 86.6 Å². The maximum atomic E-state index is 14.1. The Bertz CT molecular complexity index is 1830. The van der Waals surface area contributed by atoms with Gasteiger partial charge in [-0.2, -0.15) is 4.31 Å². The van der Waals surface area contributed by atoms with E-state index >= 15 is 0 Å². The van der Waals surface area contributed by atoms with Gasteiger partial charge < -0.3 is 9.47 Å². The van der Waals surface area contributed by atoms with E-state index in [-0.39, 0.29) is 23.5 Å². The van der Waals surface area contributed by atoms with E-state index in [1.54, 1.807) is 22.2 Å². The molecule has 0 radical (unpaired) electrons. The highest BCUT2D eigenvalue weighted by Gasteiger charge is 2.41. The smallest absolute Gasteiger partial charge is 0.247 e.